The minimum absolute atomic E-state index is 0.125. The van der Waals surface area contributed by atoms with Gasteiger partial charge in [-0.25, -0.2) is 8.78 Å². The number of piperazine rings is 1. The van der Waals surface area contributed by atoms with E-state index in [4.69, 9.17) is 5.26 Å². The summed E-state index contributed by atoms with van der Waals surface area (Å²) >= 11 is 0. The number of nitriles is 1. The number of likely N-dealkylation sites (tertiary alicyclic amines) is 1. The highest BCUT2D eigenvalue weighted by atomic mass is 19.3. The van der Waals surface area contributed by atoms with Crippen molar-refractivity contribution in [3.05, 3.63) is 47.8 Å². The van der Waals surface area contributed by atoms with Gasteiger partial charge in [-0.1, -0.05) is 6.07 Å². The maximum Gasteiger partial charge on any atom is 0.268 e. The number of carbonyl (C=O) groups excluding carboxylic acids is 2. The highest BCUT2D eigenvalue weighted by Crippen LogP contribution is 2.32. The summed E-state index contributed by atoms with van der Waals surface area (Å²) < 4.78 is 27.3. The number of hydrogen-bond acceptors (Lipinski definition) is 6. The van der Waals surface area contributed by atoms with Crippen LogP contribution in [0.5, 0.6) is 0 Å². The molecule has 2 aromatic rings. The molecule has 9 heteroatoms. The Morgan fingerprint density at radius 2 is 1.97 bits per heavy atom. The van der Waals surface area contributed by atoms with Crippen molar-refractivity contribution in [3.8, 4) is 6.07 Å². The second kappa shape index (κ2) is 9.85. The van der Waals surface area contributed by atoms with Gasteiger partial charge in [0, 0.05) is 62.6 Å². The predicted molar refractivity (Wildman–Crippen MR) is 124 cm³/mol. The molecule has 0 spiro atoms. The number of aromatic nitrogens is 1. The lowest BCUT2D eigenvalue weighted by Crippen LogP contribution is -2.41. The quantitative estimate of drug-likeness (QED) is 0.607. The molecule has 2 aliphatic rings. The molecule has 2 aliphatic heterocycles. The Bertz CT molecular complexity index is 1150. The van der Waals surface area contributed by atoms with Gasteiger partial charge in [0.15, 0.2) is 5.78 Å². The average Bonchev–Trinajstić information content (AvgIpc) is 3.16. The molecular formula is C25H27F2N5O2. The number of pyridine rings is 1. The van der Waals surface area contributed by atoms with Gasteiger partial charge in [-0.3, -0.25) is 14.6 Å². The molecule has 2 saturated heterocycles. The molecule has 3 heterocycles. The van der Waals surface area contributed by atoms with E-state index < -0.39 is 30.8 Å². The second-order valence-corrected chi connectivity index (χ2v) is 8.94. The first-order valence-electron chi connectivity index (χ1n) is 11.4. The molecule has 2 fully saturated rings. The standard InChI is InChI=1S/C25H27F2N5O2/c1-30-10-12-31(13-11-30)9-7-18-2-3-22-21(14-18)20(6-8-29-22)23(33)4-5-24(34)32-17-25(26,27)15-19(32)16-28/h2-3,6-9,14,19H,4-5,10-13,15,17H2,1H3/b9-7+/t19-/m0/s1. The summed E-state index contributed by atoms with van der Waals surface area (Å²) in [7, 11) is 2.10. The number of alkyl halides is 2. The molecule has 1 aromatic heterocycles. The lowest BCUT2D eigenvalue weighted by Gasteiger charge is -2.31. The van der Waals surface area contributed by atoms with Crippen LogP contribution in [-0.2, 0) is 4.79 Å². The first-order valence-corrected chi connectivity index (χ1v) is 11.4. The minimum atomic E-state index is -3.07. The second-order valence-electron chi connectivity index (χ2n) is 8.94. The maximum absolute atomic E-state index is 13.6. The van der Waals surface area contributed by atoms with Crippen LogP contribution in [0.2, 0.25) is 0 Å². The van der Waals surface area contributed by atoms with Crippen molar-refractivity contribution in [3.63, 3.8) is 0 Å². The van der Waals surface area contributed by atoms with Gasteiger partial charge < -0.3 is 14.7 Å². The molecule has 0 radical (unpaired) electrons. The first-order chi connectivity index (χ1) is 16.3. The monoisotopic (exact) mass is 467 g/mol. The fourth-order valence-electron chi connectivity index (χ4n) is 4.37. The van der Waals surface area contributed by atoms with Gasteiger partial charge in [-0.2, -0.15) is 5.26 Å². The van der Waals surface area contributed by atoms with Gasteiger partial charge in [0.2, 0.25) is 5.91 Å². The molecule has 178 valence electrons. The largest absolute Gasteiger partial charge is 0.375 e. The Morgan fingerprint density at radius 1 is 1.21 bits per heavy atom. The Morgan fingerprint density at radius 3 is 2.71 bits per heavy atom. The van der Waals surface area contributed by atoms with Crippen LogP contribution in [0, 0.1) is 11.3 Å². The smallest absolute Gasteiger partial charge is 0.268 e. The summed E-state index contributed by atoms with van der Waals surface area (Å²) in [6.07, 6.45) is 4.60. The van der Waals surface area contributed by atoms with Crippen molar-refractivity contribution in [2.24, 2.45) is 0 Å². The molecule has 0 saturated carbocycles. The number of ketones is 1. The fraction of sp³-hybridized carbons (Fsp3) is 0.440. The van der Waals surface area contributed by atoms with Crippen LogP contribution < -0.4 is 0 Å². The third-order valence-corrected chi connectivity index (χ3v) is 6.39. The van der Waals surface area contributed by atoms with Gasteiger partial charge in [-0.15, -0.1) is 0 Å². The van der Waals surface area contributed by atoms with Gasteiger partial charge in [0.05, 0.1) is 18.1 Å². The molecule has 1 amide bonds. The van der Waals surface area contributed by atoms with Crippen molar-refractivity contribution < 1.29 is 18.4 Å². The number of halogens is 2. The van der Waals surface area contributed by atoms with E-state index in [1.807, 2.05) is 24.3 Å². The normalized spacial score (nSPS) is 20.7. The highest BCUT2D eigenvalue weighted by Gasteiger charge is 2.47. The zero-order valence-electron chi connectivity index (χ0n) is 19.1. The van der Waals surface area contributed by atoms with E-state index >= 15 is 0 Å². The van der Waals surface area contributed by atoms with E-state index in [0.717, 1.165) is 36.6 Å². The number of benzene rings is 1. The number of likely N-dealkylation sites (N-methyl/N-ethyl adjacent to an activating group) is 1. The number of Topliss-reactive ketones (excluding diaryl/α,β-unsaturated/α-hetero) is 1. The fourth-order valence-corrected chi connectivity index (χ4v) is 4.37. The van der Waals surface area contributed by atoms with E-state index in [2.05, 4.69) is 28.0 Å². The molecule has 4 rings (SSSR count). The molecule has 34 heavy (non-hydrogen) atoms. The van der Waals surface area contributed by atoms with Gasteiger partial charge in [-0.05, 0) is 43.1 Å². The molecule has 0 N–H and O–H groups in total. The maximum atomic E-state index is 13.6. The van der Waals surface area contributed by atoms with Crippen molar-refractivity contribution in [1.82, 2.24) is 19.7 Å². The lowest BCUT2D eigenvalue weighted by molar-refractivity contribution is -0.132. The molecule has 1 atom stereocenters. The molecule has 1 aromatic carbocycles. The Hall–Kier alpha value is -3.38. The van der Waals surface area contributed by atoms with Gasteiger partial charge >= 0.3 is 0 Å². The van der Waals surface area contributed by atoms with Gasteiger partial charge in [0.1, 0.15) is 6.04 Å². The Labute approximate surface area is 197 Å². The summed E-state index contributed by atoms with van der Waals surface area (Å²) in [5.74, 6) is -3.94. The zero-order chi connectivity index (χ0) is 24.3. The zero-order valence-corrected chi connectivity index (χ0v) is 19.1. The van der Waals surface area contributed by atoms with Crippen LogP contribution in [0.4, 0.5) is 8.78 Å². The number of rotatable bonds is 6. The van der Waals surface area contributed by atoms with Crippen LogP contribution in [0.15, 0.2) is 36.7 Å². The number of nitrogens with zero attached hydrogens (tertiary/aromatic N) is 5. The summed E-state index contributed by atoms with van der Waals surface area (Å²) in [6, 6.07) is 7.91. The van der Waals surface area contributed by atoms with Crippen molar-refractivity contribution in [2.75, 3.05) is 39.8 Å². The molecular weight excluding hydrogens is 440 g/mol. The first kappa shape index (κ1) is 23.8. The molecule has 0 aliphatic carbocycles. The van der Waals surface area contributed by atoms with Gasteiger partial charge in [0.25, 0.3) is 5.92 Å². The Kier molecular flexibility index (Phi) is 6.89. The van der Waals surface area contributed by atoms with Crippen LogP contribution in [0.25, 0.3) is 17.0 Å². The highest BCUT2D eigenvalue weighted by molar-refractivity contribution is 6.08. The van der Waals surface area contributed by atoms with Crippen molar-refractivity contribution in [2.45, 2.75) is 31.2 Å². The summed E-state index contributed by atoms with van der Waals surface area (Å²) in [6.45, 7) is 3.14. The third kappa shape index (κ3) is 5.39. The third-order valence-electron chi connectivity index (χ3n) is 6.39. The number of hydrogen-bond donors (Lipinski definition) is 0. The Balaban J connectivity index is 1.45. The summed E-state index contributed by atoms with van der Waals surface area (Å²) in [4.78, 5) is 35.2. The van der Waals surface area contributed by atoms with Crippen LogP contribution in [0.3, 0.4) is 0 Å². The van der Waals surface area contributed by atoms with Crippen molar-refractivity contribution in [1.29, 1.82) is 5.26 Å². The number of fused-ring (bicyclic) bond motifs is 1. The van der Waals surface area contributed by atoms with Crippen molar-refractivity contribution >= 4 is 28.7 Å². The van der Waals surface area contributed by atoms with E-state index in [0.29, 0.717) is 16.5 Å². The lowest BCUT2D eigenvalue weighted by atomic mass is 10.00. The summed E-state index contributed by atoms with van der Waals surface area (Å²) in [5, 5.41) is 9.78. The SMILES string of the molecule is CN1CCN(/C=C/c2ccc3nccc(C(=O)CCC(=O)N4CC(F)(F)C[C@H]4C#N)c3c2)CC1. The minimum Gasteiger partial charge on any atom is -0.375 e. The molecule has 0 unspecified atom stereocenters. The van der Waals surface area contributed by atoms with Crippen LogP contribution >= 0.6 is 0 Å². The summed E-state index contributed by atoms with van der Waals surface area (Å²) in [5.41, 5.74) is 2.04. The number of amides is 1. The van der Waals surface area contributed by atoms with E-state index in [-0.39, 0.29) is 18.6 Å². The predicted octanol–water partition coefficient (Wildman–Crippen LogP) is 3.18. The van der Waals surface area contributed by atoms with E-state index in [1.165, 1.54) is 0 Å². The van der Waals surface area contributed by atoms with E-state index in [9.17, 15) is 18.4 Å². The van der Waals surface area contributed by atoms with Crippen LogP contribution in [0.1, 0.15) is 35.2 Å². The molecule has 7 nitrogen and oxygen atoms in total. The molecule has 0 bridgehead atoms. The number of carbonyl (C=O) groups is 2. The van der Waals surface area contributed by atoms with Crippen LogP contribution in [-0.4, -0.2) is 83.1 Å². The average molecular weight is 468 g/mol. The van der Waals surface area contributed by atoms with E-state index in [1.54, 1.807) is 18.3 Å². The topological polar surface area (TPSA) is 80.5 Å².